The SMILES string of the molecule is CC(=O)Nc1cccc(C(=O)N(C)Cc2nc(NCCCN(C)C)c3ccccc3n2)c1. The van der Waals surface area contributed by atoms with Crippen LogP contribution < -0.4 is 10.6 Å². The van der Waals surface area contributed by atoms with Crippen LogP contribution in [-0.2, 0) is 11.3 Å². The van der Waals surface area contributed by atoms with Crippen LogP contribution in [0, 0.1) is 0 Å². The van der Waals surface area contributed by atoms with Crippen LogP contribution in [-0.4, -0.2) is 65.8 Å². The minimum absolute atomic E-state index is 0.172. The second-order valence-corrected chi connectivity index (χ2v) is 8.01. The molecule has 0 saturated heterocycles. The summed E-state index contributed by atoms with van der Waals surface area (Å²) in [6.45, 7) is 3.48. The first-order chi connectivity index (χ1) is 15.3. The van der Waals surface area contributed by atoms with Crippen molar-refractivity contribution in [1.82, 2.24) is 19.8 Å². The molecule has 32 heavy (non-hydrogen) atoms. The van der Waals surface area contributed by atoms with E-state index in [-0.39, 0.29) is 18.4 Å². The quantitative estimate of drug-likeness (QED) is 0.503. The van der Waals surface area contributed by atoms with E-state index >= 15 is 0 Å². The van der Waals surface area contributed by atoms with Crippen LogP contribution in [0.3, 0.4) is 0 Å². The number of para-hydroxylation sites is 1. The number of carbonyl (C=O) groups is 2. The fourth-order valence-corrected chi connectivity index (χ4v) is 3.37. The van der Waals surface area contributed by atoms with Crippen LogP contribution in [0.2, 0.25) is 0 Å². The number of rotatable bonds is 9. The lowest BCUT2D eigenvalue weighted by molar-refractivity contribution is -0.114. The Morgan fingerprint density at radius 3 is 2.53 bits per heavy atom. The Hall–Kier alpha value is -3.52. The Balaban J connectivity index is 1.77. The van der Waals surface area contributed by atoms with Crippen molar-refractivity contribution in [3.63, 3.8) is 0 Å². The molecule has 3 aromatic rings. The van der Waals surface area contributed by atoms with Crippen molar-refractivity contribution in [3.05, 3.63) is 59.9 Å². The van der Waals surface area contributed by atoms with E-state index in [9.17, 15) is 9.59 Å². The summed E-state index contributed by atoms with van der Waals surface area (Å²) in [7, 11) is 5.82. The van der Waals surface area contributed by atoms with Crippen LogP contribution in [0.1, 0.15) is 29.5 Å². The molecule has 0 saturated carbocycles. The van der Waals surface area contributed by atoms with E-state index in [0.29, 0.717) is 17.1 Å². The monoisotopic (exact) mass is 434 g/mol. The molecule has 8 heteroatoms. The molecule has 3 rings (SSSR count). The molecular formula is C24H30N6O2. The molecule has 1 aromatic heterocycles. The fourth-order valence-electron chi connectivity index (χ4n) is 3.37. The Labute approximate surface area is 188 Å². The Morgan fingerprint density at radius 1 is 1.00 bits per heavy atom. The van der Waals surface area contributed by atoms with E-state index in [0.717, 1.165) is 36.2 Å². The molecule has 2 aromatic carbocycles. The first kappa shape index (κ1) is 23.1. The maximum Gasteiger partial charge on any atom is 0.254 e. The van der Waals surface area contributed by atoms with Crippen LogP contribution in [0.25, 0.3) is 10.9 Å². The number of amides is 2. The number of nitrogens with one attached hydrogen (secondary N) is 2. The number of benzene rings is 2. The third-order valence-corrected chi connectivity index (χ3v) is 4.88. The Morgan fingerprint density at radius 2 is 1.78 bits per heavy atom. The standard InChI is InChI=1S/C24H30N6O2/c1-17(31)26-19-10-7-9-18(15-19)24(32)30(4)16-22-27-21-12-6-5-11-20(21)23(28-22)25-13-8-14-29(2)3/h5-7,9-12,15H,8,13-14,16H2,1-4H3,(H,26,31)(H,25,27,28). The molecule has 0 aliphatic carbocycles. The van der Waals surface area contributed by atoms with E-state index in [1.165, 1.54) is 6.92 Å². The Bertz CT molecular complexity index is 1100. The van der Waals surface area contributed by atoms with Crippen molar-refractivity contribution < 1.29 is 9.59 Å². The highest BCUT2D eigenvalue weighted by Gasteiger charge is 2.16. The fraction of sp³-hybridized carbons (Fsp3) is 0.333. The Kier molecular flexibility index (Phi) is 7.72. The van der Waals surface area contributed by atoms with Crippen molar-refractivity contribution >= 4 is 34.2 Å². The summed E-state index contributed by atoms with van der Waals surface area (Å²) in [5.41, 5.74) is 1.91. The molecule has 0 unspecified atom stereocenters. The average molecular weight is 435 g/mol. The molecule has 0 aliphatic heterocycles. The van der Waals surface area contributed by atoms with E-state index in [2.05, 4.69) is 34.6 Å². The van der Waals surface area contributed by atoms with Gasteiger partial charge in [0, 0.05) is 37.2 Å². The molecule has 0 aliphatic rings. The van der Waals surface area contributed by atoms with E-state index in [1.54, 1.807) is 36.2 Å². The molecule has 0 atom stereocenters. The number of fused-ring (bicyclic) bond motifs is 1. The van der Waals surface area contributed by atoms with Crippen LogP contribution in [0.5, 0.6) is 0 Å². The summed E-state index contributed by atoms with van der Waals surface area (Å²) in [6.07, 6.45) is 0.990. The molecule has 1 heterocycles. The largest absolute Gasteiger partial charge is 0.369 e. The molecular weight excluding hydrogens is 404 g/mol. The molecule has 0 spiro atoms. The molecule has 8 nitrogen and oxygen atoms in total. The zero-order chi connectivity index (χ0) is 23.1. The second-order valence-electron chi connectivity index (χ2n) is 8.01. The van der Waals surface area contributed by atoms with Gasteiger partial charge in [-0.2, -0.15) is 0 Å². The molecule has 0 radical (unpaired) electrons. The van der Waals surface area contributed by atoms with Gasteiger partial charge < -0.3 is 20.4 Å². The highest BCUT2D eigenvalue weighted by Crippen LogP contribution is 2.21. The van der Waals surface area contributed by atoms with E-state index in [4.69, 9.17) is 4.98 Å². The van der Waals surface area contributed by atoms with Crippen molar-refractivity contribution in [2.24, 2.45) is 0 Å². The van der Waals surface area contributed by atoms with Crippen molar-refractivity contribution in [1.29, 1.82) is 0 Å². The first-order valence-corrected chi connectivity index (χ1v) is 10.6. The average Bonchev–Trinajstić information content (AvgIpc) is 2.75. The van der Waals surface area contributed by atoms with Gasteiger partial charge in [-0.15, -0.1) is 0 Å². The van der Waals surface area contributed by atoms with Crippen molar-refractivity contribution in [2.75, 3.05) is 44.9 Å². The number of carbonyl (C=O) groups excluding carboxylic acids is 2. The van der Waals surface area contributed by atoms with Gasteiger partial charge in [-0.1, -0.05) is 18.2 Å². The summed E-state index contributed by atoms with van der Waals surface area (Å²) < 4.78 is 0. The van der Waals surface area contributed by atoms with Gasteiger partial charge in [0.2, 0.25) is 5.91 Å². The van der Waals surface area contributed by atoms with Gasteiger partial charge in [0.1, 0.15) is 5.82 Å². The lowest BCUT2D eigenvalue weighted by atomic mass is 10.1. The lowest BCUT2D eigenvalue weighted by Gasteiger charge is -2.18. The lowest BCUT2D eigenvalue weighted by Crippen LogP contribution is -2.27. The second kappa shape index (κ2) is 10.7. The van der Waals surface area contributed by atoms with E-state index < -0.39 is 0 Å². The molecule has 2 amide bonds. The molecule has 168 valence electrons. The van der Waals surface area contributed by atoms with Gasteiger partial charge in [0.25, 0.3) is 5.91 Å². The maximum atomic E-state index is 12.9. The number of aromatic nitrogens is 2. The third kappa shape index (κ3) is 6.24. The van der Waals surface area contributed by atoms with Crippen molar-refractivity contribution in [2.45, 2.75) is 19.9 Å². The van der Waals surface area contributed by atoms with Gasteiger partial charge in [-0.25, -0.2) is 9.97 Å². The smallest absolute Gasteiger partial charge is 0.254 e. The first-order valence-electron chi connectivity index (χ1n) is 10.6. The van der Waals surface area contributed by atoms with Gasteiger partial charge in [-0.05, 0) is 57.4 Å². The highest BCUT2D eigenvalue weighted by atomic mass is 16.2. The predicted molar refractivity (Wildman–Crippen MR) is 128 cm³/mol. The molecule has 0 bridgehead atoms. The summed E-state index contributed by atoms with van der Waals surface area (Å²) in [4.78, 5) is 37.3. The summed E-state index contributed by atoms with van der Waals surface area (Å²) in [6, 6.07) is 14.7. The van der Waals surface area contributed by atoms with Gasteiger partial charge in [0.05, 0.1) is 12.1 Å². The van der Waals surface area contributed by atoms with Gasteiger partial charge >= 0.3 is 0 Å². The minimum Gasteiger partial charge on any atom is -0.369 e. The molecule has 0 fully saturated rings. The zero-order valence-corrected chi connectivity index (χ0v) is 19.1. The summed E-state index contributed by atoms with van der Waals surface area (Å²) in [5, 5.41) is 7.08. The number of hydrogen-bond donors (Lipinski definition) is 2. The number of nitrogens with zero attached hydrogens (tertiary/aromatic N) is 4. The van der Waals surface area contributed by atoms with Crippen LogP contribution in [0.4, 0.5) is 11.5 Å². The number of anilines is 2. The predicted octanol–water partition coefficient (Wildman–Crippen LogP) is 3.22. The molecule has 2 N–H and O–H groups in total. The zero-order valence-electron chi connectivity index (χ0n) is 19.1. The summed E-state index contributed by atoms with van der Waals surface area (Å²) >= 11 is 0. The normalized spacial score (nSPS) is 10.9. The van der Waals surface area contributed by atoms with Crippen LogP contribution in [0.15, 0.2) is 48.5 Å². The summed E-state index contributed by atoms with van der Waals surface area (Å²) in [5.74, 6) is 0.984. The van der Waals surface area contributed by atoms with Gasteiger partial charge in [0.15, 0.2) is 5.82 Å². The topological polar surface area (TPSA) is 90.5 Å². The third-order valence-electron chi connectivity index (χ3n) is 4.88. The van der Waals surface area contributed by atoms with Crippen LogP contribution >= 0.6 is 0 Å². The van der Waals surface area contributed by atoms with Gasteiger partial charge in [-0.3, -0.25) is 9.59 Å². The minimum atomic E-state index is -0.182. The number of hydrogen-bond acceptors (Lipinski definition) is 6. The van der Waals surface area contributed by atoms with Crippen molar-refractivity contribution in [3.8, 4) is 0 Å². The van der Waals surface area contributed by atoms with E-state index in [1.807, 2.05) is 24.3 Å². The highest BCUT2D eigenvalue weighted by molar-refractivity contribution is 5.96. The maximum absolute atomic E-state index is 12.9.